The molecule has 3 rings (SSSR count). The first-order valence-corrected chi connectivity index (χ1v) is 6.39. The minimum Gasteiger partial charge on any atom is -0.316 e. The average molecular weight is 229 g/mol. The van der Waals surface area contributed by atoms with Crippen molar-refractivity contribution in [3.05, 3.63) is 29.5 Å². The SMILES string of the molecule is Cc1ccc2[nH]ncc2c1C1CNCC(C)C1. The third kappa shape index (κ3) is 1.84. The second-order valence-corrected chi connectivity index (χ2v) is 5.32. The highest BCUT2D eigenvalue weighted by molar-refractivity contribution is 5.83. The molecule has 3 nitrogen and oxygen atoms in total. The van der Waals surface area contributed by atoms with Crippen LogP contribution in [0.15, 0.2) is 18.3 Å². The van der Waals surface area contributed by atoms with E-state index in [1.165, 1.54) is 22.9 Å². The highest BCUT2D eigenvalue weighted by Crippen LogP contribution is 2.33. The molecular weight excluding hydrogens is 210 g/mol. The molecule has 1 aromatic carbocycles. The zero-order valence-electron chi connectivity index (χ0n) is 10.5. The van der Waals surface area contributed by atoms with Gasteiger partial charge in [0.1, 0.15) is 0 Å². The Bertz CT molecular complexity index is 529. The maximum absolute atomic E-state index is 4.17. The van der Waals surface area contributed by atoms with Gasteiger partial charge in [0.2, 0.25) is 0 Å². The van der Waals surface area contributed by atoms with E-state index in [1.807, 2.05) is 6.20 Å². The number of fused-ring (bicyclic) bond motifs is 1. The van der Waals surface area contributed by atoms with Crippen molar-refractivity contribution in [1.29, 1.82) is 0 Å². The first-order valence-electron chi connectivity index (χ1n) is 6.39. The molecule has 0 bridgehead atoms. The van der Waals surface area contributed by atoms with E-state index in [4.69, 9.17) is 0 Å². The molecule has 2 unspecified atom stereocenters. The first kappa shape index (κ1) is 10.8. The number of aromatic nitrogens is 2. The second-order valence-electron chi connectivity index (χ2n) is 5.32. The fourth-order valence-electron chi connectivity index (χ4n) is 3.07. The maximum Gasteiger partial charge on any atom is 0.0653 e. The molecule has 0 aliphatic carbocycles. The summed E-state index contributed by atoms with van der Waals surface area (Å²) in [6.45, 7) is 6.78. The molecule has 3 heteroatoms. The van der Waals surface area contributed by atoms with Crippen LogP contribution in [0.3, 0.4) is 0 Å². The van der Waals surface area contributed by atoms with Crippen LogP contribution in [0, 0.1) is 12.8 Å². The summed E-state index contributed by atoms with van der Waals surface area (Å²) < 4.78 is 0. The van der Waals surface area contributed by atoms with E-state index < -0.39 is 0 Å². The van der Waals surface area contributed by atoms with E-state index in [0.29, 0.717) is 5.92 Å². The Hall–Kier alpha value is -1.35. The van der Waals surface area contributed by atoms with Crippen molar-refractivity contribution in [1.82, 2.24) is 15.5 Å². The van der Waals surface area contributed by atoms with E-state index in [-0.39, 0.29) is 0 Å². The average Bonchev–Trinajstić information content (AvgIpc) is 2.76. The number of hydrogen-bond donors (Lipinski definition) is 2. The standard InChI is InChI=1S/C14H19N3/c1-9-5-11(7-15-6-9)14-10(2)3-4-13-12(14)8-16-17-13/h3-4,8-9,11,15H,5-7H2,1-2H3,(H,16,17). The van der Waals surface area contributed by atoms with Crippen molar-refractivity contribution in [3.63, 3.8) is 0 Å². The number of aryl methyl sites for hydroxylation is 1. The van der Waals surface area contributed by atoms with Gasteiger partial charge in [-0.15, -0.1) is 0 Å². The molecule has 90 valence electrons. The van der Waals surface area contributed by atoms with Gasteiger partial charge in [-0.3, -0.25) is 5.10 Å². The Balaban J connectivity index is 2.08. The van der Waals surface area contributed by atoms with E-state index in [9.17, 15) is 0 Å². The largest absolute Gasteiger partial charge is 0.316 e. The molecule has 2 aromatic rings. The molecule has 2 N–H and O–H groups in total. The summed E-state index contributed by atoms with van der Waals surface area (Å²) in [7, 11) is 0. The van der Waals surface area contributed by atoms with Crippen LogP contribution in [0.2, 0.25) is 0 Å². The van der Waals surface area contributed by atoms with Gasteiger partial charge in [-0.2, -0.15) is 5.10 Å². The lowest BCUT2D eigenvalue weighted by Crippen LogP contribution is -2.34. The predicted octanol–water partition coefficient (Wildman–Crippen LogP) is 2.58. The summed E-state index contributed by atoms with van der Waals surface area (Å²) >= 11 is 0. The number of rotatable bonds is 1. The Morgan fingerprint density at radius 2 is 2.18 bits per heavy atom. The van der Waals surface area contributed by atoms with Crippen LogP contribution in [-0.2, 0) is 0 Å². The van der Waals surface area contributed by atoms with Crippen LogP contribution < -0.4 is 5.32 Å². The van der Waals surface area contributed by atoms with Gasteiger partial charge in [0.15, 0.2) is 0 Å². The Kier molecular flexibility index (Phi) is 2.63. The normalized spacial score (nSPS) is 25.3. The van der Waals surface area contributed by atoms with Crippen LogP contribution in [0.4, 0.5) is 0 Å². The molecule has 1 saturated heterocycles. The highest BCUT2D eigenvalue weighted by atomic mass is 15.1. The monoisotopic (exact) mass is 229 g/mol. The fourth-order valence-corrected chi connectivity index (χ4v) is 3.07. The van der Waals surface area contributed by atoms with Crippen LogP contribution in [0.1, 0.15) is 30.4 Å². The van der Waals surface area contributed by atoms with Crippen molar-refractivity contribution in [2.75, 3.05) is 13.1 Å². The molecular formula is C14H19N3. The quantitative estimate of drug-likeness (QED) is 0.789. The number of hydrogen-bond acceptors (Lipinski definition) is 2. The summed E-state index contributed by atoms with van der Waals surface area (Å²) in [6, 6.07) is 4.33. The van der Waals surface area contributed by atoms with Crippen molar-refractivity contribution in [3.8, 4) is 0 Å². The molecule has 0 spiro atoms. The number of aromatic amines is 1. The molecule has 17 heavy (non-hydrogen) atoms. The Labute approximate surface area is 102 Å². The summed E-state index contributed by atoms with van der Waals surface area (Å²) in [5.41, 5.74) is 4.03. The number of piperidine rings is 1. The van der Waals surface area contributed by atoms with Gasteiger partial charge >= 0.3 is 0 Å². The summed E-state index contributed by atoms with van der Waals surface area (Å²) in [5.74, 6) is 1.38. The van der Waals surface area contributed by atoms with E-state index in [0.717, 1.165) is 24.5 Å². The smallest absolute Gasteiger partial charge is 0.0653 e. The molecule has 2 atom stereocenters. The van der Waals surface area contributed by atoms with E-state index in [2.05, 4.69) is 41.5 Å². The molecule has 0 radical (unpaired) electrons. The first-order chi connectivity index (χ1) is 8.25. The molecule has 1 aromatic heterocycles. The molecule has 0 amide bonds. The van der Waals surface area contributed by atoms with Gasteiger partial charge in [-0.05, 0) is 48.9 Å². The zero-order valence-corrected chi connectivity index (χ0v) is 10.5. The number of benzene rings is 1. The lowest BCUT2D eigenvalue weighted by atomic mass is 9.83. The van der Waals surface area contributed by atoms with Gasteiger partial charge in [-0.25, -0.2) is 0 Å². The van der Waals surface area contributed by atoms with E-state index >= 15 is 0 Å². The lowest BCUT2D eigenvalue weighted by molar-refractivity contribution is 0.364. The number of nitrogens with zero attached hydrogens (tertiary/aromatic N) is 1. The summed E-state index contributed by atoms with van der Waals surface area (Å²) in [6.07, 6.45) is 3.25. The van der Waals surface area contributed by atoms with Gasteiger partial charge in [0, 0.05) is 11.9 Å². The lowest BCUT2D eigenvalue weighted by Gasteiger charge is -2.29. The van der Waals surface area contributed by atoms with Crippen LogP contribution in [0.25, 0.3) is 10.9 Å². The van der Waals surface area contributed by atoms with E-state index in [1.54, 1.807) is 0 Å². The zero-order chi connectivity index (χ0) is 11.8. The summed E-state index contributed by atoms with van der Waals surface area (Å²) in [5, 5.41) is 12.1. The van der Waals surface area contributed by atoms with Crippen LogP contribution in [-0.4, -0.2) is 23.3 Å². The Morgan fingerprint density at radius 1 is 1.29 bits per heavy atom. The summed E-state index contributed by atoms with van der Waals surface area (Å²) in [4.78, 5) is 0. The van der Waals surface area contributed by atoms with Gasteiger partial charge in [-0.1, -0.05) is 13.0 Å². The Morgan fingerprint density at radius 3 is 3.00 bits per heavy atom. The molecule has 1 fully saturated rings. The van der Waals surface area contributed by atoms with Crippen molar-refractivity contribution < 1.29 is 0 Å². The van der Waals surface area contributed by atoms with Crippen molar-refractivity contribution in [2.24, 2.45) is 5.92 Å². The highest BCUT2D eigenvalue weighted by Gasteiger charge is 2.23. The number of H-pyrrole nitrogens is 1. The third-order valence-electron chi connectivity index (χ3n) is 3.86. The van der Waals surface area contributed by atoms with Crippen LogP contribution >= 0.6 is 0 Å². The predicted molar refractivity (Wildman–Crippen MR) is 70.2 cm³/mol. The van der Waals surface area contributed by atoms with Crippen LogP contribution in [0.5, 0.6) is 0 Å². The van der Waals surface area contributed by atoms with Gasteiger partial charge < -0.3 is 5.32 Å². The van der Waals surface area contributed by atoms with Crippen molar-refractivity contribution >= 4 is 10.9 Å². The minimum absolute atomic E-state index is 0.625. The third-order valence-corrected chi connectivity index (χ3v) is 3.86. The molecule has 1 aliphatic rings. The van der Waals surface area contributed by atoms with Crippen molar-refractivity contribution in [2.45, 2.75) is 26.2 Å². The van der Waals surface area contributed by atoms with Gasteiger partial charge in [0.05, 0.1) is 11.7 Å². The molecule has 1 aliphatic heterocycles. The molecule has 2 heterocycles. The maximum atomic E-state index is 4.17. The number of nitrogens with one attached hydrogen (secondary N) is 2. The second kappa shape index (κ2) is 4.15. The topological polar surface area (TPSA) is 40.7 Å². The fraction of sp³-hybridized carbons (Fsp3) is 0.500. The minimum atomic E-state index is 0.625. The molecule has 0 saturated carbocycles. The van der Waals surface area contributed by atoms with Gasteiger partial charge in [0.25, 0.3) is 0 Å².